The van der Waals surface area contributed by atoms with E-state index in [0.29, 0.717) is 55.2 Å². The van der Waals surface area contributed by atoms with E-state index in [-0.39, 0.29) is 5.69 Å². The molecule has 12 heteroatoms. The minimum atomic E-state index is -4.64. The van der Waals surface area contributed by atoms with Crippen LogP contribution in [0.15, 0.2) is 36.4 Å². The Morgan fingerprint density at radius 3 is 2.34 bits per heavy atom. The number of hydrogen-bond acceptors (Lipinski definition) is 6. The van der Waals surface area contributed by atoms with Crippen molar-refractivity contribution >= 4 is 35.0 Å². The number of hydrogen-bond donors (Lipinski definition) is 2. The number of rotatable bonds is 4. The van der Waals surface area contributed by atoms with Gasteiger partial charge in [0.1, 0.15) is 5.82 Å². The van der Waals surface area contributed by atoms with Gasteiger partial charge in [-0.15, -0.1) is 0 Å². The highest BCUT2D eigenvalue weighted by molar-refractivity contribution is 6.31. The monoisotopic (exact) mass is 506 g/mol. The van der Waals surface area contributed by atoms with Crippen molar-refractivity contribution in [1.82, 2.24) is 15.0 Å². The lowest BCUT2D eigenvalue weighted by atomic mass is 10.1. The fraction of sp³-hybridized carbons (Fsp3) is 0.304. The van der Waals surface area contributed by atoms with Gasteiger partial charge in [0.25, 0.3) is 0 Å². The topological polar surface area (TPSA) is 92.3 Å². The number of ether oxygens (including phenoxy) is 1. The lowest BCUT2D eigenvalue weighted by molar-refractivity contribution is -0.137. The first-order valence-corrected chi connectivity index (χ1v) is 11.1. The average Bonchev–Trinajstić information content (AvgIpc) is 2.81. The number of nitrogens with zero attached hydrogens (tertiary/aromatic N) is 4. The minimum Gasteiger partial charge on any atom is -0.378 e. The van der Waals surface area contributed by atoms with Crippen molar-refractivity contribution < 1.29 is 22.7 Å². The highest BCUT2D eigenvalue weighted by atomic mass is 35.5. The maximum absolute atomic E-state index is 13.1. The number of aromatic nitrogens is 3. The predicted octanol–water partition coefficient (Wildman–Crippen LogP) is 5.31. The smallest absolute Gasteiger partial charge is 0.378 e. The van der Waals surface area contributed by atoms with Gasteiger partial charge in [-0.05, 0) is 49.7 Å². The first-order valence-electron chi connectivity index (χ1n) is 10.7. The Balaban J connectivity index is 1.54. The molecular formula is C23H22ClF3N6O2. The van der Waals surface area contributed by atoms with E-state index in [1.165, 1.54) is 6.07 Å². The van der Waals surface area contributed by atoms with E-state index >= 15 is 0 Å². The van der Waals surface area contributed by atoms with Crippen LogP contribution in [0.1, 0.15) is 17.0 Å². The molecule has 0 aliphatic carbocycles. The van der Waals surface area contributed by atoms with Gasteiger partial charge >= 0.3 is 12.2 Å². The Bertz CT molecular complexity index is 1250. The Kier molecular flexibility index (Phi) is 7.08. The molecular weight excluding hydrogens is 485 g/mol. The molecule has 2 aromatic carbocycles. The van der Waals surface area contributed by atoms with Crippen LogP contribution in [0.25, 0.3) is 11.4 Å². The molecule has 184 valence electrons. The van der Waals surface area contributed by atoms with E-state index in [2.05, 4.69) is 25.6 Å². The molecule has 1 aliphatic heterocycles. The van der Waals surface area contributed by atoms with Crippen LogP contribution in [0.2, 0.25) is 5.02 Å². The molecule has 1 aliphatic rings. The minimum absolute atomic E-state index is 0.0465. The summed E-state index contributed by atoms with van der Waals surface area (Å²) in [5.74, 6) is 1.55. The second-order valence-electron chi connectivity index (χ2n) is 7.91. The molecule has 0 unspecified atom stereocenters. The van der Waals surface area contributed by atoms with Crippen LogP contribution in [0.4, 0.5) is 35.3 Å². The number of alkyl halides is 3. The van der Waals surface area contributed by atoms with Crippen LogP contribution in [-0.4, -0.2) is 47.3 Å². The lowest BCUT2D eigenvalue weighted by Crippen LogP contribution is -2.37. The van der Waals surface area contributed by atoms with Gasteiger partial charge in [-0.2, -0.15) is 23.1 Å². The molecule has 0 saturated carbocycles. The number of benzene rings is 2. The molecule has 4 rings (SSSR count). The Labute approximate surface area is 204 Å². The molecule has 1 saturated heterocycles. The standard InChI is InChI=1S/C23H22ClF3N6O2/c1-13-3-4-15(30-22(34)31-16-5-6-19(24)18(12-16)23(25,26)27)11-17(13)20-28-14(2)29-21(32-20)33-7-9-35-10-8-33/h3-6,11-12H,7-10H2,1-2H3,(H2,30,31,34). The van der Waals surface area contributed by atoms with E-state index in [9.17, 15) is 18.0 Å². The van der Waals surface area contributed by atoms with E-state index < -0.39 is 22.8 Å². The van der Waals surface area contributed by atoms with Crippen LogP contribution in [0.3, 0.4) is 0 Å². The third-order valence-electron chi connectivity index (χ3n) is 5.30. The number of halogens is 4. The normalized spacial score (nSPS) is 14.1. The van der Waals surface area contributed by atoms with Gasteiger partial charge in [0.05, 0.1) is 23.8 Å². The molecule has 3 aromatic rings. The van der Waals surface area contributed by atoms with Crippen molar-refractivity contribution in [3.8, 4) is 11.4 Å². The van der Waals surface area contributed by atoms with Crippen molar-refractivity contribution in [3.63, 3.8) is 0 Å². The average molecular weight is 507 g/mol. The van der Waals surface area contributed by atoms with Crippen LogP contribution in [-0.2, 0) is 10.9 Å². The highest BCUT2D eigenvalue weighted by Crippen LogP contribution is 2.36. The number of carbonyl (C=O) groups excluding carboxylic acids is 1. The van der Waals surface area contributed by atoms with E-state index in [1.54, 1.807) is 25.1 Å². The van der Waals surface area contributed by atoms with Gasteiger partial charge in [-0.1, -0.05) is 17.7 Å². The third kappa shape index (κ3) is 5.98. The number of aryl methyl sites for hydroxylation is 2. The van der Waals surface area contributed by atoms with Crippen molar-refractivity contribution in [2.24, 2.45) is 0 Å². The summed E-state index contributed by atoms with van der Waals surface area (Å²) in [5, 5.41) is 4.58. The zero-order valence-corrected chi connectivity index (χ0v) is 19.7. The summed E-state index contributed by atoms with van der Waals surface area (Å²) >= 11 is 5.64. The van der Waals surface area contributed by atoms with Crippen molar-refractivity contribution in [2.45, 2.75) is 20.0 Å². The van der Waals surface area contributed by atoms with Crippen molar-refractivity contribution in [3.05, 3.63) is 58.4 Å². The summed E-state index contributed by atoms with van der Waals surface area (Å²) < 4.78 is 44.7. The molecule has 0 radical (unpaired) electrons. The fourth-order valence-corrected chi connectivity index (χ4v) is 3.77. The Morgan fingerprint density at radius 1 is 1.00 bits per heavy atom. The van der Waals surface area contributed by atoms with Crippen molar-refractivity contribution in [2.75, 3.05) is 41.8 Å². The number of amides is 2. The summed E-state index contributed by atoms with van der Waals surface area (Å²) in [6.45, 7) is 6.19. The largest absolute Gasteiger partial charge is 0.417 e. The molecule has 1 fully saturated rings. The van der Waals surface area contributed by atoms with E-state index in [1.807, 2.05) is 11.8 Å². The number of nitrogens with one attached hydrogen (secondary N) is 2. The molecule has 35 heavy (non-hydrogen) atoms. The zero-order valence-electron chi connectivity index (χ0n) is 18.9. The van der Waals surface area contributed by atoms with Crippen LogP contribution in [0.5, 0.6) is 0 Å². The summed E-state index contributed by atoms with van der Waals surface area (Å²) in [7, 11) is 0. The van der Waals surface area contributed by atoms with Gasteiger partial charge in [-0.25, -0.2) is 9.78 Å². The van der Waals surface area contributed by atoms with Crippen molar-refractivity contribution in [1.29, 1.82) is 0 Å². The highest BCUT2D eigenvalue weighted by Gasteiger charge is 2.33. The van der Waals surface area contributed by atoms with Gasteiger partial charge in [0.15, 0.2) is 5.82 Å². The summed E-state index contributed by atoms with van der Waals surface area (Å²) in [5.41, 5.74) is 0.903. The fourth-order valence-electron chi connectivity index (χ4n) is 3.55. The number of urea groups is 1. The summed E-state index contributed by atoms with van der Waals surface area (Å²) in [6.07, 6.45) is -4.64. The van der Waals surface area contributed by atoms with Crippen LogP contribution >= 0.6 is 11.6 Å². The summed E-state index contributed by atoms with van der Waals surface area (Å²) in [4.78, 5) is 28.0. The Morgan fingerprint density at radius 2 is 1.66 bits per heavy atom. The van der Waals surface area contributed by atoms with Crippen LogP contribution in [0, 0.1) is 13.8 Å². The second-order valence-corrected chi connectivity index (χ2v) is 8.31. The van der Waals surface area contributed by atoms with Crippen LogP contribution < -0.4 is 15.5 Å². The van der Waals surface area contributed by atoms with Gasteiger partial charge in [0.2, 0.25) is 5.95 Å². The molecule has 0 spiro atoms. The molecule has 2 heterocycles. The first-order chi connectivity index (χ1) is 16.6. The molecule has 0 bridgehead atoms. The summed E-state index contributed by atoms with van der Waals surface area (Å²) in [6, 6.07) is 7.62. The van der Waals surface area contributed by atoms with Gasteiger partial charge in [0, 0.05) is 30.0 Å². The maximum Gasteiger partial charge on any atom is 0.417 e. The molecule has 0 atom stereocenters. The first kappa shape index (κ1) is 24.7. The number of anilines is 3. The van der Waals surface area contributed by atoms with Gasteiger partial charge < -0.3 is 20.3 Å². The number of carbonyl (C=O) groups is 1. The molecule has 8 nitrogen and oxygen atoms in total. The third-order valence-corrected chi connectivity index (χ3v) is 5.62. The number of morpholine rings is 1. The van der Waals surface area contributed by atoms with E-state index in [4.69, 9.17) is 16.3 Å². The quantitative estimate of drug-likeness (QED) is 0.498. The van der Waals surface area contributed by atoms with E-state index in [0.717, 1.165) is 17.7 Å². The SMILES string of the molecule is Cc1nc(-c2cc(NC(=O)Nc3ccc(Cl)c(C(F)(F)F)c3)ccc2C)nc(N2CCOCC2)n1. The molecule has 1 aromatic heterocycles. The molecule has 2 N–H and O–H groups in total. The lowest BCUT2D eigenvalue weighted by Gasteiger charge is -2.27. The zero-order chi connectivity index (χ0) is 25.2. The second kappa shape index (κ2) is 10.0. The Hall–Kier alpha value is -3.44. The van der Waals surface area contributed by atoms with Gasteiger partial charge in [-0.3, -0.25) is 0 Å². The predicted molar refractivity (Wildman–Crippen MR) is 127 cm³/mol. The maximum atomic E-state index is 13.1. The molecule has 2 amide bonds.